The number of hydrogen-bond acceptors (Lipinski definition) is 5. The molecule has 1 heterocycles. The highest BCUT2D eigenvalue weighted by Gasteiger charge is 2.12. The van der Waals surface area contributed by atoms with Crippen LogP contribution in [0.15, 0.2) is 12.1 Å². The maximum absolute atomic E-state index is 9.07. The second-order valence-electron chi connectivity index (χ2n) is 3.64. The molecule has 3 N–H and O–H groups in total. The van der Waals surface area contributed by atoms with Gasteiger partial charge in [-0.3, -0.25) is 0 Å². The highest BCUT2D eigenvalue weighted by Crippen LogP contribution is 2.23. The zero-order valence-electron chi connectivity index (χ0n) is 9.97. The summed E-state index contributed by atoms with van der Waals surface area (Å²) in [5.74, 6) is 1.18. The number of aliphatic hydroxyl groups excluding tert-OH is 1. The molecule has 0 aliphatic carbocycles. The lowest BCUT2D eigenvalue weighted by molar-refractivity contribution is 0.269. The van der Waals surface area contributed by atoms with Gasteiger partial charge in [0, 0.05) is 7.05 Å². The summed E-state index contributed by atoms with van der Waals surface area (Å²) in [6.45, 7) is 4.40. The predicted molar refractivity (Wildman–Crippen MR) is 64.8 cm³/mol. The fourth-order valence-corrected chi connectivity index (χ4v) is 1.24. The standard InChI is InChI=1S/C11H19N3O2/c1-4-16-11-9(12)5-6-10(13-11)14(3)8(2)7-15/h5-6,8,15H,4,7,12H2,1-3H3. The molecule has 0 aliphatic heterocycles. The number of aromatic nitrogens is 1. The average molecular weight is 225 g/mol. The van der Waals surface area contributed by atoms with Crippen molar-refractivity contribution >= 4 is 11.5 Å². The molecule has 16 heavy (non-hydrogen) atoms. The Morgan fingerprint density at radius 3 is 2.81 bits per heavy atom. The van der Waals surface area contributed by atoms with Crippen LogP contribution >= 0.6 is 0 Å². The van der Waals surface area contributed by atoms with E-state index in [1.165, 1.54) is 0 Å². The van der Waals surface area contributed by atoms with Crippen LogP contribution in [0, 0.1) is 0 Å². The molecule has 0 spiro atoms. The van der Waals surface area contributed by atoms with Crippen molar-refractivity contribution < 1.29 is 9.84 Å². The highest BCUT2D eigenvalue weighted by molar-refractivity contribution is 5.54. The van der Waals surface area contributed by atoms with E-state index in [1.807, 2.05) is 31.9 Å². The number of pyridine rings is 1. The molecule has 1 unspecified atom stereocenters. The number of nitrogens with two attached hydrogens (primary N) is 1. The third-order valence-corrected chi connectivity index (χ3v) is 2.44. The van der Waals surface area contributed by atoms with Crippen LogP contribution in [-0.4, -0.2) is 36.4 Å². The van der Waals surface area contributed by atoms with Gasteiger partial charge < -0.3 is 20.5 Å². The minimum atomic E-state index is 0.00519. The Bertz CT molecular complexity index is 344. The van der Waals surface area contributed by atoms with Gasteiger partial charge in [0.25, 0.3) is 0 Å². The first kappa shape index (κ1) is 12.6. The predicted octanol–water partition coefficient (Wildman–Crippen LogP) is 0.880. The van der Waals surface area contributed by atoms with E-state index >= 15 is 0 Å². The monoisotopic (exact) mass is 225 g/mol. The van der Waals surface area contributed by atoms with Crippen molar-refractivity contribution in [2.75, 3.05) is 30.9 Å². The van der Waals surface area contributed by atoms with Crippen LogP contribution in [0.3, 0.4) is 0 Å². The molecule has 0 radical (unpaired) electrons. The second-order valence-corrected chi connectivity index (χ2v) is 3.64. The zero-order chi connectivity index (χ0) is 12.1. The summed E-state index contributed by atoms with van der Waals surface area (Å²) in [5.41, 5.74) is 6.25. The quantitative estimate of drug-likeness (QED) is 0.778. The van der Waals surface area contributed by atoms with E-state index in [0.717, 1.165) is 5.82 Å². The van der Waals surface area contributed by atoms with Crippen molar-refractivity contribution in [1.29, 1.82) is 0 Å². The lowest BCUT2D eigenvalue weighted by Gasteiger charge is -2.24. The second kappa shape index (κ2) is 5.55. The summed E-state index contributed by atoms with van der Waals surface area (Å²) in [7, 11) is 1.87. The van der Waals surface area contributed by atoms with Crippen molar-refractivity contribution in [3.8, 4) is 5.88 Å². The Morgan fingerprint density at radius 1 is 1.56 bits per heavy atom. The molecular weight excluding hydrogens is 206 g/mol. The molecule has 0 aliphatic rings. The molecule has 1 aromatic heterocycles. The third kappa shape index (κ3) is 2.76. The summed E-state index contributed by atoms with van der Waals surface area (Å²) in [4.78, 5) is 6.18. The first-order valence-electron chi connectivity index (χ1n) is 5.33. The number of hydrogen-bond donors (Lipinski definition) is 2. The van der Waals surface area contributed by atoms with E-state index in [2.05, 4.69) is 4.98 Å². The van der Waals surface area contributed by atoms with Gasteiger partial charge in [-0.2, -0.15) is 4.98 Å². The average Bonchev–Trinajstić information content (AvgIpc) is 2.30. The summed E-state index contributed by atoms with van der Waals surface area (Å²) < 4.78 is 5.32. The molecule has 0 saturated heterocycles. The van der Waals surface area contributed by atoms with Crippen LogP contribution in [0.2, 0.25) is 0 Å². The highest BCUT2D eigenvalue weighted by atomic mass is 16.5. The van der Waals surface area contributed by atoms with Gasteiger partial charge in [-0.1, -0.05) is 0 Å². The summed E-state index contributed by atoms with van der Waals surface area (Å²) >= 11 is 0. The molecule has 0 aromatic carbocycles. The van der Waals surface area contributed by atoms with E-state index in [1.54, 1.807) is 6.07 Å². The molecule has 5 nitrogen and oxygen atoms in total. The molecule has 0 saturated carbocycles. The first-order chi connectivity index (χ1) is 7.60. The van der Waals surface area contributed by atoms with Crippen LogP contribution in [0.25, 0.3) is 0 Å². The number of aliphatic hydroxyl groups is 1. The van der Waals surface area contributed by atoms with Gasteiger partial charge in [0.1, 0.15) is 5.82 Å². The Labute approximate surface area is 95.8 Å². The van der Waals surface area contributed by atoms with Gasteiger partial charge in [-0.25, -0.2) is 0 Å². The molecular formula is C11H19N3O2. The smallest absolute Gasteiger partial charge is 0.239 e. The maximum atomic E-state index is 9.07. The van der Waals surface area contributed by atoms with Gasteiger partial charge in [0.05, 0.1) is 24.9 Å². The molecule has 0 amide bonds. The largest absolute Gasteiger partial charge is 0.476 e. The van der Waals surface area contributed by atoms with Crippen LogP contribution < -0.4 is 15.4 Å². The molecule has 1 rings (SSSR count). The molecule has 0 bridgehead atoms. The number of nitrogens with zero attached hydrogens (tertiary/aromatic N) is 2. The summed E-state index contributed by atoms with van der Waals surface area (Å²) in [6, 6.07) is 3.57. The van der Waals surface area contributed by atoms with Crippen molar-refractivity contribution in [2.24, 2.45) is 0 Å². The van der Waals surface area contributed by atoms with E-state index in [9.17, 15) is 0 Å². The number of rotatable bonds is 5. The van der Waals surface area contributed by atoms with Gasteiger partial charge in [-0.15, -0.1) is 0 Å². The molecule has 5 heteroatoms. The molecule has 0 fully saturated rings. The first-order valence-corrected chi connectivity index (χ1v) is 5.33. The van der Waals surface area contributed by atoms with Crippen molar-refractivity contribution in [1.82, 2.24) is 4.98 Å². The normalized spacial score (nSPS) is 12.2. The van der Waals surface area contributed by atoms with Crippen molar-refractivity contribution in [3.05, 3.63) is 12.1 Å². The van der Waals surface area contributed by atoms with E-state index < -0.39 is 0 Å². The third-order valence-electron chi connectivity index (χ3n) is 2.44. The fourth-order valence-electron chi connectivity index (χ4n) is 1.24. The van der Waals surface area contributed by atoms with Gasteiger partial charge in [0.15, 0.2) is 0 Å². The van der Waals surface area contributed by atoms with Crippen LogP contribution in [0.1, 0.15) is 13.8 Å². The Morgan fingerprint density at radius 2 is 2.25 bits per heavy atom. The minimum absolute atomic E-state index is 0.00519. The minimum Gasteiger partial charge on any atom is -0.476 e. The molecule has 90 valence electrons. The fraction of sp³-hybridized carbons (Fsp3) is 0.545. The lowest BCUT2D eigenvalue weighted by atomic mass is 10.3. The number of likely N-dealkylation sites (N-methyl/N-ethyl adjacent to an activating group) is 1. The van der Waals surface area contributed by atoms with E-state index in [-0.39, 0.29) is 12.6 Å². The van der Waals surface area contributed by atoms with E-state index in [4.69, 9.17) is 15.6 Å². The lowest BCUT2D eigenvalue weighted by Crippen LogP contribution is -2.32. The van der Waals surface area contributed by atoms with Crippen LogP contribution in [0.4, 0.5) is 11.5 Å². The van der Waals surface area contributed by atoms with Crippen LogP contribution in [0.5, 0.6) is 5.88 Å². The van der Waals surface area contributed by atoms with Gasteiger partial charge >= 0.3 is 0 Å². The SMILES string of the molecule is CCOc1nc(N(C)C(C)CO)ccc1N. The molecule has 1 aromatic rings. The summed E-state index contributed by atoms with van der Waals surface area (Å²) in [5, 5.41) is 9.07. The molecule has 1 atom stereocenters. The van der Waals surface area contributed by atoms with Crippen molar-refractivity contribution in [2.45, 2.75) is 19.9 Å². The van der Waals surface area contributed by atoms with E-state index in [0.29, 0.717) is 18.2 Å². The maximum Gasteiger partial charge on any atom is 0.239 e. The zero-order valence-corrected chi connectivity index (χ0v) is 9.97. The van der Waals surface area contributed by atoms with Gasteiger partial charge in [0.2, 0.25) is 5.88 Å². The van der Waals surface area contributed by atoms with Gasteiger partial charge in [-0.05, 0) is 26.0 Å². The number of ether oxygens (including phenoxy) is 1. The Balaban J connectivity index is 2.93. The Kier molecular flexibility index (Phi) is 4.37. The number of anilines is 2. The topological polar surface area (TPSA) is 71.6 Å². The van der Waals surface area contributed by atoms with Crippen LogP contribution in [-0.2, 0) is 0 Å². The van der Waals surface area contributed by atoms with Crippen molar-refractivity contribution in [3.63, 3.8) is 0 Å². The number of nitrogen functional groups attached to an aromatic ring is 1. The Hall–Kier alpha value is -1.49. The summed E-state index contributed by atoms with van der Waals surface area (Å²) in [6.07, 6.45) is 0.